The van der Waals surface area contributed by atoms with Gasteiger partial charge in [0.25, 0.3) is 5.91 Å². The van der Waals surface area contributed by atoms with Crippen LogP contribution in [0.1, 0.15) is 46.2 Å². The van der Waals surface area contributed by atoms with Gasteiger partial charge in [-0.2, -0.15) is 0 Å². The Labute approximate surface area is 153 Å². The molecule has 0 aliphatic carbocycles. The number of pyridine rings is 2. The molecule has 0 N–H and O–H groups in total. The number of benzene rings is 1. The summed E-state index contributed by atoms with van der Waals surface area (Å²) in [5.41, 5.74) is 3.95. The molecule has 0 saturated carbocycles. The molecule has 1 fully saturated rings. The summed E-state index contributed by atoms with van der Waals surface area (Å²) in [5.74, 6) is 0.0603. The largest absolute Gasteiger partial charge is 0.330 e. The minimum Gasteiger partial charge on any atom is -0.330 e. The first kappa shape index (κ1) is 16.5. The van der Waals surface area contributed by atoms with Gasteiger partial charge in [-0.3, -0.25) is 14.8 Å². The fourth-order valence-corrected chi connectivity index (χ4v) is 3.56. The molecule has 0 spiro atoms. The fourth-order valence-electron chi connectivity index (χ4n) is 3.56. The van der Waals surface area contributed by atoms with Gasteiger partial charge in [0.1, 0.15) is 0 Å². The van der Waals surface area contributed by atoms with Crippen LogP contribution in [-0.4, -0.2) is 27.3 Å². The van der Waals surface area contributed by atoms with Gasteiger partial charge < -0.3 is 4.90 Å². The van der Waals surface area contributed by atoms with Gasteiger partial charge in [0.2, 0.25) is 0 Å². The summed E-state index contributed by atoms with van der Waals surface area (Å²) < 4.78 is 0. The van der Waals surface area contributed by atoms with Crippen molar-refractivity contribution in [3.63, 3.8) is 0 Å². The van der Waals surface area contributed by atoms with Gasteiger partial charge in [0.05, 0.1) is 11.7 Å². The number of rotatable bonds is 4. The molecule has 1 atom stereocenters. The molecule has 0 unspecified atom stereocenters. The molecule has 4 rings (SSSR count). The smallest absolute Gasteiger partial charge is 0.254 e. The van der Waals surface area contributed by atoms with Crippen LogP contribution in [0, 0.1) is 0 Å². The predicted octanol–water partition coefficient (Wildman–Crippen LogP) is 4.04. The SMILES string of the molecule is O=C(c1ccncc1)N1CCC[C@H]1c1cccc(Cc2ccccc2)n1. The Kier molecular flexibility index (Phi) is 4.73. The molecule has 2 aromatic heterocycles. The van der Waals surface area contributed by atoms with Crippen molar-refractivity contribution in [1.82, 2.24) is 14.9 Å². The summed E-state index contributed by atoms with van der Waals surface area (Å²) >= 11 is 0. The van der Waals surface area contributed by atoms with Gasteiger partial charge in [-0.05, 0) is 42.7 Å². The van der Waals surface area contributed by atoms with E-state index < -0.39 is 0 Å². The number of hydrogen-bond acceptors (Lipinski definition) is 3. The zero-order valence-corrected chi connectivity index (χ0v) is 14.6. The van der Waals surface area contributed by atoms with Crippen molar-refractivity contribution in [2.45, 2.75) is 25.3 Å². The van der Waals surface area contributed by atoms with Crippen molar-refractivity contribution in [2.24, 2.45) is 0 Å². The van der Waals surface area contributed by atoms with Crippen LogP contribution in [0.2, 0.25) is 0 Å². The molecule has 1 amide bonds. The quantitative estimate of drug-likeness (QED) is 0.718. The van der Waals surface area contributed by atoms with E-state index in [0.29, 0.717) is 5.56 Å². The van der Waals surface area contributed by atoms with Crippen LogP contribution in [0.4, 0.5) is 0 Å². The third kappa shape index (κ3) is 3.49. The lowest BCUT2D eigenvalue weighted by atomic mass is 10.1. The zero-order valence-electron chi connectivity index (χ0n) is 14.6. The standard InChI is InChI=1S/C22H21N3O/c26-22(18-11-13-23-14-12-18)25-15-5-10-21(25)20-9-4-8-19(24-20)16-17-6-2-1-3-7-17/h1-4,6-9,11-14,21H,5,10,15-16H2/t21-/m0/s1. The van der Waals surface area contributed by atoms with Gasteiger partial charge in [-0.1, -0.05) is 36.4 Å². The maximum Gasteiger partial charge on any atom is 0.254 e. The lowest BCUT2D eigenvalue weighted by Gasteiger charge is -2.24. The summed E-state index contributed by atoms with van der Waals surface area (Å²) in [6.45, 7) is 0.774. The third-order valence-electron chi connectivity index (χ3n) is 4.84. The van der Waals surface area contributed by atoms with E-state index in [0.717, 1.165) is 37.2 Å². The zero-order chi connectivity index (χ0) is 17.8. The summed E-state index contributed by atoms with van der Waals surface area (Å²) in [5, 5.41) is 0. The van der Waals surface area contributed by atoms with Gasteiger partial charge in [-0.15, -0.1) is 0 Å². The van der Waals surface area contributed by atoms with E-state index >= 15 is 0 Å². The lowest BCUT2D eigenvalue weighted by Crippen LogP contribution is -2.31. The molecule has 1 aliphatic rings. The number of hydrogen-bond donors (Lipinski definition) is 0. The van der Waals surface area contributed by atoms with Gasteiger partial charge in [-0.25, -0.2) is 0 Å². The summed E-state index contributed by atoms with van der Waals surface area (Å²) in [7, 11) is 0. The van der Waals surface area contributed by atoms with Gasteiger partial charge >= 0.3 is 0 Å². The highest BCUT2D eigenvalue weighted by Gasteiger charge is 2.31. The maximum absolute atomic E-state index is 12.9. The van der Waals surface area contributed by atoms with Crippen LogP contribution < -0.4 is 0 Å². The molecular formula is C22H21N3O. The molecule has 1 aromatic carbocycles. The Balaban J connectivity index is 1.56. The Morgan fingerprint density at radius 1 is 1.00 bits per heavy atom. The number of carbonyl (C=O) groups excluding carboxylic acids is 1. The first-order valence-electron chi connectivity index (χ1n) is 9.02. The van der Waals surface area contributed by atoms with E-state index in [9.17, 15) is 4.79 Å². The van der Waals surface area contributed by atoms with Crippen molar-refractivity contribution in [3.8, 4) is 0 Å². The number of aromatic nitrogens is 2. The Morgan fingerprint density at radius 3 is 2.62 bits per heavy atom. The average Bonchev–Trinajstić information content (AvgIpc) is 3.19. The first-order chi connectivity index (χ1) is 12.8. The molecule has 1 aliphatic heterocycles. The van der Waals surface area contributed by atoms with E-state index in [1.807, 2.05) is 35.2 Å². The number of amides is 1. The fraction of sp³-hybridized carbons (Fsp3) is 0.227. The molecule has 0 radical (unpaired) electrons. The molecule has 3 aromatic rings. The average molecular weight is 343 g/mol. The molecule has 3 heterocycles. The third-order valence-corrected chi connectivity index (χ3v) is 4.84. The van der Waals surface area contributed by atoms with E-state index in [4.69, 9.17) is 4.98 Å². The highest BCUT2D eigenvalue weighted by molar-refractivity contribution is 5.94. The van der Waals surface area contributed by atoms with Gasteiger partial charge in [0.15, 0.2) is 0 Å². The van der Waals surface area contributed by atoms with Crippen LogP contribution >= 0.6 is 0 Å². The first-order valence-corrected chi connectivity index (χ1v) is 9.02. The molecule has 26 heavy (non-hydrogen) atoms. The van der Waals surface area contributed by atoms with Crippen LogP contribution in [-0.2, 0) is 6.42 Å². The molecule has 130 valence electrons. The van der Waals surface area contributed by atoms with Crippen molar-refractivity contribution in [3.05, 3.63) is 95.6 Å². The summed E-state index contributed by atoms with van der Waals surface area (Å²) in [4.78, 5) is 23.7. The Hall–Kier alpha value is -3.01. The van der Waals surface area contributed by atoms with Crippen molar-refractivity contribution >= 4 is 5.91 Å². The molecule has 1 saturated heterocycles. The molecular weight excluding hydrogens is 322 g/mol. The van der Waals surface area contributed by atoms with E-state index in [-0.39, 0.29) is 11.9 Å². The highest BCUT2D eigenvalue weighted by Crippen LogP contribution is 2.32. The monoisotopic (exact) mass is 343 g/mol. The minimum atomic E-state index is 0.0476. The lowest BCUT2D eigenvalue weighted by molar-refractivity contribution is 0.0732. The molecule has 4 heteroatoms. The van der Waals surface area contributed by atoms with Crippen molar-refractivity contribution in [2.75, 3.05) is 6.54 Å². The summed E-state index contributed by atoms with van der Waals surface area (Å²) in [6.07, 6.45) is 6.10. The molecule has 4 nitrogen and oxygen atoms in total. The summed E-state index contributed by atoms with van der Waals surface area (Å²) in [6, 6.07) is 20.1. The Morgan fingerprint density at radius 2 is 1.81 bits per heavy atom. The number of carbonyl (C=O) groups is 1. The van der Waals surface area contributed by atoms with Crippen LogP contribution in [0.3, 0.4) is 0 Å². The highest BCUT2D eigenvalue weighted by atomic mass is 16.2. The van der Waals surface area contributed by atoms with E-state index in [1.165, 1.54) is 5.56 Å². The van der Waals surface area contributed by atoms with Crippen LogP contribution in [0.25, 0.3) is 0 Å². The predicted molar refractivity (Wildman–Crippen MR) is 101 cm³/mol. The van der Waals surface area contributed by atoms with Crippen LogP contribution in [0.15, 0.2) is 73.1 Å². The second-order valence-electron chi connectivity index (χ2n) is 6.61. The minimum absolute atomic E-state index is 0.0476. The van der Waals surface area contributed by atoms with Crippen molar-refractivity contribution in [1.29, 1.82) is 0 Å². The van der Waals surface area contributed by atoms with E-state index in [1.54, 1.807) is 24.5 Å². The Bertz CT molecular complexity index is 880. The van der Waals surface area contributed by atoms with E-state index in [2.05, 4.69) is 23.2 Å². The molecule has 0 bridgehead atoms. The maximum atomic E-state index is 12.9. The second-order valence-corrected chi connectivity index (χ2v) is 6.61. The topological polar surface area (TPSA) is 46.1 Å². The number of likely N-dealkylation sites (tertiary alicyclic amines) is 1. The van der Waals surface area contributed by atoms with Gasteiger partial charge in [0, 0.05) is 36.6 Å². The number of nitrogens with zero attached hydrogens (tertiary/aromatic N) is 3. The van der Waals surface area contributed by atoms with Crippen molar-refractivity contribution < 1.29 is 4.79 Å². The normalized spacial score (nSPS) is 16.6. The second kappa shape index (κ2) is 7.48. The van der Waals surface area contributed by atoms with Crippen LogP contribution in [0.5, 0.6) is 0 Å².